The normalized spacial score (nSPS) is 20.9. The van der Waals surface area contributed by atoms with Crippen molar-refractivity contribution in [3.63, 3.8) is 0 Å². The lowest BCUT2D eigenvalue weighted by atomic mass is 10.1. The van der Waals surface area contributed by atoms with Crippen LogP contribution in [-0.2, 0) is 6.54 Å². The van der Waals surface area contributed by atoms with E-state index in [1.165, 1.54) is 51.0 Å². The maximum atomic E-state index is 4.49. The van der Waals surface area contributed by atoms with Gasteiger partial charge in [-0.2, -0.15) is 0 Å². The van der Waals surface area contributed by atoms with E-state index < -0.39 is 0 Å². The number of anilines is 1. The highest BCUT2D eigenvalue weighted by atomic mass is 15.3. The first-order valence-electron chi connectivity index (χ1n) is 10.1. The van der Waals surface area contributed by atoms with E-state index in [0.717, 1.165) is 38.5 Å². The van der Waals surface area contributed by atoms with Crippen LogP contribution in [0.4, 0.5) is 5.82 Å². The van der Waals surface area contributed by atoms with E-state index in [1.807, 2.05) is 6.20 Å². The minimum atomic E-state index is 0.666. The van der Waals surface area contributed by atoms with Crippen LogP contribution in [0, 0.1) is 0 Å². The second-order valence-electron chi connectivity index (χ2n) is 7.78. The molecular weight excluding hydrogens is 310 g/mol. The van der Waals surface area contributed by atoms with Crippen molar-refractivity contribution in [3.05, 3.63) is 23.9 Å². The van der Waals surface area contributed by atoms with E-state index in [-0.39, 0.29) is 0 Å². The summed E-state index contributed by atoms with van der Waals surface area (Å²) in [5.74, 6) is 1.02. The molecule has 2 fully saturated rings. The zero-order chi connectivity index (χ0) is 17.5. The van der Waals surface area contributed by atoms with Gasteiger partial charge >= 0.3 is 0 Å². The van der Waals surface area contributed by atoms with Gasteiger partial charge in [-0.25, -0.2) is 4.98 Å². The first-order chi connectivity index (χ1) is 12.2. The standard InChI is InChI=1S/C20H35N5/c1-18(2)25-14-12-24(13-15-25)17-19-6-7-21-20(16-19)22-8-11-23-9-4-3-5-10-23/h6-7,16,18H,3-5,8-15,17H2,1-2H3,(H,21,22). The first-order valence-corrected chi connectivity index (χ1v) is 10.1. The summed E-state index contributed by atoms with van der Waals surface area (Å²) in [6.45, 7) is 15.0. The zero-order valence-corrected chi connectivity index (χ0v) is 16.1. The fraction of sp³-hybridized carbons (Fsp3) is 0.750. The Balaban J connectivity index is 1.42. The van der Waals surface area contributed by atoms with Crippen molar-refractivity contribution >= 4 is 5.82 Å². The maximum absolute atomic E-state index is 4.49. The quantitative estimate of drug-likeness (QED) is 0.821. The summed E-state index contributed by atoms with van der Waals surface area (Å²) in [7, 11) is 0. The van der Waals surface area contributed by atoms with Gasteiger partial charge in [0.25, 0.3) is 0 Å². The van der Waals surface area contributed by atoms with E-state index in [4.69, 9.17) is 0 Å². The Bertz CT molecular complexity index is 505. The summed E-state index contributed by atoms with van der Waals surface area (Å²) in [4.78, 5) is 12.2. The Hall–Kier alpha value is -1.17. The van der Waals surface area contributed by atoms with E-state index in [1.54, 1.807) is 0 Å². The fourth-order valence-corrected chi connectivity index (χ4v) is 3.89. The molecule has 0 bridgehead atoms. The Labute approximate surface area is 153 Å². The highest BCUT2D eigenvalue weighted by Gasteiger charge is 2.18. The summed E-state index contributed by atoms with van der Waals surface area (Å²) < 4.78 is 0. The van der Waals surface area contributed by atoms with Crippen molar-refractivity contribution in [1.82, 2.24) is 19.7 Å². The van der Waals surface area contributed by atoms with Gasteiger partial charge in [0.05, 0.1) is 0 Å². The number of nitrogens with one attached hydrogen (secondary N) is 1. The van der Waals surface area contributed by atoms with E-state index >= 15 is 0 Å². The number of nitrogens with zero attached hydrogens (tertiary/aromatic N) is 4. The van der Waals surface area contributed by atoms with E-state index in [0.29, 0.717) is 6.04 Å². The molecule has 0 saturated carbocycles. The molecule has 3 rings (SSSR count). The molecule has 2 aliphatic rings. The van der Waals surface area contributed by atoms with Crippen LogP contribution in [0.2, 0.25) is 0 Å². The number of aromatic nitrogens is 1. The van der Waals surface area contributed by atoms with Crippen LogP contribution in [0.1, 0.15) is 38.7 Å². The van der Waals surface area contributed by atoms with Crippen LogP contribution >= 0.6 is 0 Å². The number of likely N-dealkylation sites (tertiary alicyclic amines) is 1. The number of hydrogen-bond acceptors (Lipinski definition) is 5. The summed E-state index contributed by atoms with van der Waals surface area (Å²) in [6.07, 6.45) is 6.07. The van der Waals surface area contributed by atoms with Crippen molar-refractivity contribution in [2.45, 2.75) is 45.7 Å². The minimum absolute atomic E-state index is 0.666. The Morgan fingerprint density at radius 2 is 1.76 bits per heavy atom. The number of hydrogen-bond donors (Lipinski definition) is 1. The molecule has 0 spiro atoms. The SMILES string of the molecule is CC(C)N1CCN(Cc2ccnc(NCCN3CCCCC3)c2)CC1. The average Bonchev–Trinajstić information content (AvgIpc) is 2.63. The lowest BCUT2D eigenvalue weighted by molar-refractivity contribution is 0.104. The molecule has 5 nitrogen and oxygen atoms in total. The molecule has 5 heteroatoms. The van der Waals surface area contributed by atoms with Gasteiger partial charge in [-0.05, 0) is 57.5 Å². The Morgan fingerprint density at radius 1 is 1.00 bits per heavy atom. The molecule has 0 radical (unpaired) electrons. The van der Waals surface area contributed by atoms with E-state index in [9.17, 15) is 0 Å². The largest absolute Gasteiger partial charge is 0.369 e. The van der Waals surface area contributed by atoms with Crippen molar-refractivity contribution in [3.8, 4) is 0 Å². The van der Waals surface area contributed by atoms with Crippen molar-refractivity contribution in [1.29, 1.82) is 0 Å². The first kappa shape index (κ1) is 18.6. The molecule has 0 amide bonds. The van der Waals surface area contributed by atoms with Crippen LogP contribution in [-0.4, -0.2) is 78.1 Å². The smallest absolute Gasteiger partial charge is 0.126 e. The van der Waals surface area contributed by atoms with Crippen molar-refractivity contribution < 1.29 is 0 Å². The molecule has 3 heterocycles. The highest BCUT2D eigenvalue weighted by molar-refractivity contribution is 5.37. The van der Waals surface area contributed by atoms with Crippen LogP contribution < -0.4 is 5.32 Å². The lowest BCUT2D eigenvalue weighted by Crippen LogP contribution is -2.48. The van der Waals surface area contributed by atoms with Gasteiger partial charge in [0, 0.05) is 58.1 Å². The molecule has 1 aromatic heterocycles. The molecular formula is C20H35N5. The number of piperidine rings is 1. The van der Waals surface area contributed by atoms with Crippen molar-refractivity contribution in [2.24, 2.45) is 0 Å². The summed E-state index contributed by atoms with van der Waals surface area (Å²) >= 11 is 0. The van der Waals surface area contributed by atoms with Gasteiger partial charge in [0.2, 0.25) is 0 Å². The fourth-order valence-electron chi connectivity index (χ4n) is 3.89. The zero-order valence-electron chi connectivity index (χ0n) is 16.1. The molecule has 2 saturated heterocycles. The van der Waals surface area contributed by atoms with E-state index in [2.05, 4.69) is 51.0 Å². The molecule has 25 heavy (non-hydrogen) atoms. The second-order valence-corrected chi connectivity index (χ2v) is 7.78. The topological polar surface area (TPSA) is 34.6 Å². The Kier molecular flexibility index (Phi) is 7.08. The molecule has 0 unspecified atom stereocenters. The molecule has 2 aliphatic heterocycles. The van der Waals surface area contributed by atoms with Crippen LogP contribution in [0.25, 0.3) is 0 Å². The highest BCUT2D eigenvalue weighted by Crippen LogP contribution is 2.13. The molecule has 1 N–H and O–H groups in total. The molecule has 140 valence electrons. The number of piperazine rings is 1. The predicted octanol–water partition coefficient (Wildman–Crippen LogP) is 2.51. The summed E-state index contributed by atoms with van der Waals surface area (Å²) in [6, 6.07) is 5.05. The predicted molar refractivity (Wildman–Crippen MR) is 105 cm³/mol. The molecule has 0 aromatic carbocycles. The second kappa shape index (κ2) is 9.51. The maximum Gasteiger partial charge on any atom is 0.126 e. The van der Waals surface area contributed by atoms with Gasteiger partial charge in [0.15, 0.2) is 0 Å². The summed E-state index contributed by atoms with van der Waals surface area (Å²) in [5, 5.41) is 3.51. The average molecular weight is 346 g/mol. The van der Waals surface area contributed by atoms with Crippen molar-refractivity contribution in [2.75, 3.05) is 57.7 Å². The summed E-state index contributed by atoms with van der Waals surface area (Å²) in [5.41, 5.74) is 1.37. The monoisotopic (exact) mass is 345 g/mol. The van der Waals surface area contributed by atoms with Crippen LogP contribution in [0.5, 0.6) is 0 Å². The molecule has 0 atom stereocenters. The number of pyridine rings is 1. The number of rotatable bonds is 7. The third kappa shape index (κ3) is 5.94. The third-order valence-corrected chi connectivity index (χ3v) is 5.55. The van der Waals surface area contributed by atoms with Gasteiger partial charge < -0.3 is 10.2 Å². The molecule has 1 aromatic rings. The van der Waals surface area contributed by atoms with Gasteiger partial charge in [-0.1, -0.05) is 6.42 Å². The molecule has 0 aliphatic carbocycles. The van der Waals surface area contributed by atoms with Crippen LogP contribution in [0.15, 0.2) is 18.3 Å². The van der Waals surface area contributed by atoms with Gasteiger partial charge in [0.1, 0.15) is 5.82 Å². The minimum Gasteiger partial charge on any atom is -0.369 e. The Morgan fingerprint density at radius 3 is 2.48 bits per heavy atom. The van der Waals surface area contributed by atoms with Gasteiger partial charge in [-0.15, -0.1) is 0 Å². The van der Waals surface area contributed by atoms with Gasteiger partial charge in [-0.3, -0.25) is 9.80 Å². The third-order valence-electron chi connectivity index (χ3n) is 5.55. The van der Waals surface area contributed by atoms with Crippen LogP contribution in [0.3, 0.4) is 0 Å². The lowest BCUT2D eigenvalue weighted by Gasteiger charge is -2.36.